The van der Waals surface area contributed by atoms with Crippen molar-refractivity contribution in [3.05, 3.63) is 69.9 Å². The molecule has 0 spiro atoms. The van der Waals surface area contributed by atoms with Gasteiger partial charge in [-0.05, 0) is 6.07 Å². The van der Waals surface area contributed by atoms with E-state index in [4.69, 9.17) is 0 Å². The molecular weight excluding hydrogens is 308 g/mol. The van der Waals surface area contributed by atoms with Crippen molar-refractivity contribution in [3.63, 3.8) is 0 Å². The van der Waals surface area contributed by atoms with E-state index in [2.05, 4.69) is 20.1 Å². The summed E-state index contributed by atoms with van der Waals surface area (Å²) in [5, 5.41) is 4.22. The number of hydrogen-bond acceptors (Lipinski definition) is 4. The number of carbonyl (C=O) groups is 1. The fourth-order valence-electron chi connectivity index (χ4n) is 3.10. The highest BCUT2D eigenvalue weighted by molar-refractivity contribution is 5.92. The molecule has 0 aliphatic carbocycles. The molecule has 1 amide bonds. The van der Waals surface area contributed by atoms with Crippen molar-refractivity contribution in [2.75, 3.05) is 6.54 Å². The maximum Gasteiger partial charge on any atom is 0.270 e. The van der Waals surface area contributed by atoms with Crippen molar-refractivity contribution in [3.8, 4) is 0 Å². The van der Waals surface area contributed by atoms with E-state index in [0.29, 0.717) is 13.1 Å². The van der Waals surface area contributed by atoms with Gasteiger partial charge in [0.1, 0.15) is 5.69 Å². The van der Waals surface area contributed by atoms with Gasteiger partial charge in [-0.3, -0.25) is 14.3 Å². The maximum atomic E-state index is 12.8. The molecule has 0 fully saturated rings. The Bertz CT molecular complexity index is 953. The standard InChI is InChI=1S/C16H16N6O2/c1-21-6-10(5-19-21)11-7-22(8-13-15(11)18-9-17-13)16(24)12-3-2-4-14(23)20-12/h2-6,9,11H,7-8H2,1H3,(H,17,18)(H,20,23). The van der Waals surface area contributed by atoms with E-state index in [0.717, 1.165) is 17.0 Å². The highest BCUT2D eigenvalue weighted by atomic mass is 16.2. The van der Waals surface area contributed by atoms with Crippen LogP contribution in [0.1, 0.15) is 33.4 Å². The first-order chi connectivity index (χ1) is 11.6. The van der Waals surface area contributed by atoms with Gasteiger partial charge in [-0.15, -0.1) is 0 Å². The molecule has 0 radical (unpaired) electrons. The molecule has 122 valence electrons. The third kappa shape index (κ3) is 2.41. The zero-order chi connectivity index (χ0) is 16.7. The number of aromatic nitrogens is 5. The van der Waals surface area contributed by atoms with Gasteiger partial charge >= 0.3 is 0 Å². The van der Waals surface area contributed by atoms with Crippen LogP contribution in [-0.2, 0) is 13.6 Å². The Morgan fingerprint density at radius 3 is 3.00 bits per heavy atom. The minimum atomic E-state index is -0.288. The number of pyridine rings is 1. The number of nitrogens with zero attached hydrogens (tertiary/aromatic N) is 4. The van der Waals surface area contributed by atoms with Gasteiger partial charge in [-0.25, -0.2) is 4.98 Å². The van der Waals surface area contributed by atoms with E-state index in [-0.39, 0.29) is 23.1 Å². The summed E-state index contributed by atoms with van der Waals surface area (Å²) in [7, 11) is 1.86. The zero-order valence-corrected chi connectivity index (χ0v) is 13.1. The van der Waals surface area contributed by atoms with E-state index in [1.54, 1.807) is 34.2 Å². The van der Waals surface area contributed by atoms with E-state index in [9.17, 15) is 9.59 Å². The molecular formula is C16H16N6O2. The number of amides is 1. The van der Waals surface area contributed by atoms with Crippen molar-refractivity contribution in [2.24, 2.45) is 7.05 Å². The van der Waals surface area contributed by atoms with Gasteiger partial charge in [-0.1, -0.05) is 6.07 Å². The average molecular weight is 324 g/mol. The second-order valence-corrected chi connectivity index (χ2v) is 5.88. The van der Waals surface area contributed by atoms with Gasteiger partial charge in [0.15, 0.2) is 0 Å². The molecule has 0 saturated heterocycles. The van der Waals surface area contributed by atoms with E-state index in [1.807, 2.05) is 13.2 Å². The first-order valence-corrected chi connectivity index (χ1v) is 7.61. The molecule has 3 aromatic rings. The van der Waals surface area contributed by atoms with E-state index < -0.39 is 0 Å². The zero-order valence-electron chi connectivity index (χ0n) is 13.1. The molecule has 0 saturated carbocycles. The Morgan fingerprint density at radius 2 is 2.25 bits per heavy atom. The van der Waals surface area contributed by atoms with Crippen LogP contribution in [0.15, 0.2) is 41.7 Å². The second kappa shape index (κ2) is 5.48. The predicted octanol–water partition coefficient (Wildman–Crippen LogP) is 0.619. The summed E-state index contributed by atoms with van der Waals surface area (Å²) in [6, 6.07) is 4.58. The predicted molar refractivity (Wildman–Crippen MR) is 85.4 cm³/mol. The lowest BCUT2D eigenvalue weighted by Gasteiger charge is -2.31. The fraction of sp³-hybridized carbons (Fsp3) is 0.250. The molecule has 1 unspecified atom stereocenters. The van der Waals surface area contributed by atoms with Gasteiger partial charge in [0.2, 0.25) is 5.56 Å². The third-order valence-electron chi connectivity index (χ3n) is 4.25. The molecule has 1 aliphatic rings. The Labute approximate surface area is 137 Å². The lowest BCUT2D eigenvalue weighted by molar-refractivity contribution is 0.0715. The number of rotatable bonds is 2. The number of H-pyrrole nitrogens is 2. The van der Waals surface area contributed by atoms with Crippen molar-refractivity contribution in [1.82, 2.24) is 29.6 Å². The highest BCUT2D eigenvalue weighted by Crippen LogP contribution is 2.31. The Kier molecular flexibility index (Phi) is 3.30. The molecule has 4 rings (SSSR count). The summed E-state index contributed by atoms with van der Waals surface area (Å²) < 4.78 is 1.73. The molecule has 8 heteroatoms. The van der Waals surface area contributed by atoms with Crippen LogP contribution in [-0.4, -0.2) is 42.1 Å². The molecule has 1 aliphatic heterocycles. The van der Waals surface area contributed by atoms with Crippen molar-refractivity contribution in [1.29, 1.82) is 0 Å². The van der Waals surface area contributed by atoms with E-state index in [1.165, 1.54) is 6.07 Å². The summed E-state index contributed by atoms with van der Waals surface area (Å²) >= 11 is 0. The average Bonchev–Trinajstić information content (AvgIpc) is 3.21. The topological polar surface area (TPSA) is 99.7 Å². The second-order valence-electron chi connectivity index (χ2n) is 5.88. The van der Waals surface area contributed by atoms with Gasteiger partial charge in [0.25, 0.3) is 5.91 Å². The summed E-state index contributed by atoms with van der Waals surface area (Å²) in [4.78, 5) is 36.1. The molecule has 2 N–H and O–H groups in total. The molecule has 8 nitrogen and oxygen atoms in total. The largest absolute Gasteiger partial charge is 0.347 e. The summed E-state index contributed by atoms with van der Waals surface area (Å²) in [6.45, 7) is 0.918. The number of aryl methyl sites for hydroxylation is 1. The van der Waals surface area contributed by atoms with Crippen LogP contribution < -0.4 is 5.56 Å². The number of nitrogens with one attached hydrogen (secondary N) is 2. The van der Waals surface area contributed by atoms with Crippen LogP contribution >= 0.6 is 0 Å². The number of imidazole rings is 1. The van der Waals surface area contributed by atoms with Crippen LogP contribution in [0.3, 0.4) is 0 Å². The Balaban J connectivity index is 1.69. The molecule has 4 heterocycles. The Morgan fingerprint density at radius 1 is 1.38 bits per heavy atom. The molecule has 0 bridgehead atoms. The Hall–Kier alpha value is -3.16. The van der Waals surface area contributed by atoms with Crippen molar-refractivity contribution in [2.45, 2.75) is 12.5 Å². The van der Waals surface area contributed by atoms with Gasteiger partial charge in [0, 0.05) is 37.3 Å². The van der Waals surface area contributed by atoms with Gasteiger partial charge in [0.05, 0.1) is 30.5 Å². The first kappa shape index (κ1) is 14.4. The van der Waals surface area contributed by atoms with Crippen LogP contribution in [0.2, 0.25) is 0 Å². The number of hydrogen-bond donors (Lipinski definition) is 2. The molecule has 0 aromatic carbocycles. The minimum absolute atomic E-state index is 0.0481. The quantitative estimate of drug-likeness (QED) is 0.722. The van der Waals surface area contributed by atoms with Crippen molar-refractivity contribution >= 4 is 5.91 Å². The highest BCUT2D eigenvalue weighted by Gasteiger charge is 2.32. The van der Waals surface area contributed by atoms with Crippen LogP contribution in [0.25, 0.3) is 0 Å². The van der Waals surface area contributed by atoms with Gasteiger partial charge < -0.3 is 14.9 Å². The fourth-order valence-corrected chi connectivity index (χ4v) is 3.10. The lowest BCUT2D eigenvalue weighted by Crippen LogP contribution is -2.39. The summed E-state index contributed by atoms with van der Waals surface area (Å²) in [5.41, 5.74) is 2.85. The third-order valence-corrected chi connectivity index (χ3v) is 4.25. The molecule has 3 aromatic heterocycles. The van der Waals surface area contributed by atoms with Crippen LogP contribution in [0, 0.1) is 0 Å². The van der Waals surface area contributed by atoms with E-state index >= 15 is 0 Å². The maximum absolute atomic E-state index is 12.8. The summed E-state index contributed by atoms with van der Waals surface area (Å²) in [5.74, 6) is -0.255. The number of carbonyl (C=O) groups excluding carboxylic acids is 1. The molecule has 1 atom stereocenters. The number of fused-ring (bicyclic) bond motifs is 1. The monoisotopic (exact) mass is 324 g/mol. The summed E-state index contributed by atoms with van der Waals surface area (Å²) in [6.07, 6.45) is 5.37. The minimum Gasteiger partial charge on any atom is -0.347 e. The smallest absolute Gasteiger partial charge is 0.270 e. The normalized spacial score (nSPS) is 16.9. The van der Waals surface area contributed by atoms with Crippen molar-refractivity contribution < 1.29 is 4.79 Å². The van der Waals surface area contributed by atoms with Crippen LogP contribution in [0.5, 0.6) is 0 Å². The SMILES string of the molecule is Cn1cc(C2CN(C(=O)c3cccc(=O)[nH]3)Cc3[nH]cnc32)cn1. The lowest BCUT2D eigenvalue weighted by atomic mass is 9.93. The molecule has 24 heavy (non-hydrogen) atoms. The number of aromatic amines is 2. The van der Waals surface area contributed by atoms with Gasteiger partial charge in [-0.2, -0.15) is 5.10 Å². The van der Waals surface area contributed by atoms with Crippen LogP contribution in [0.4, 0.5) is 0 Å². The first-order valence-electron chi connectivity index (χ1n) is 7.61.